The molecule has 1 aromatic carbocycles. The minimum absolute atomic E-state index is 0.262. The van der Waals surface area contributed by atoms with Crippen LogP contribution in [0.15, 0.2) is 65.6 Å². The third-order valence-corrected chi connectivity index (χ3v) is 5.82. The summed E-state index contributed by atoms with van der Waals surface area (Å²) < 4.78 is 1.97. The van der Waals surface area contributed by atoms with Crippen molar-refractivity contribution in [3.05, 3.63) is 71.3 Å². The standard InChI is InChI=1S/C19H13N5OS2/c25-18(15-10-14(22-23-15)17-6-3-8-26-17)20-13-5-2-1-4-12(13)16-11-24-7-9-27-19(24)21-16/h1-11H,(H,20,25)(H,22,23). The Morgan fingerprint density at radius 1 is 1.11 bits per heavy atom. The number of aromatic amines is 1. The molecule has 5 aromatic rings. The number of carbonyl (C=O) groups excluding carboxylic acids is 1. The number of nitrogens with zero attached hydrogens (tertiary/aromatic N) is 3. The summed E-state index contributed by atoms with van der Waals surface area (Å²) in [6, 6.07) is 13.3. The maximum atomic E-state index is 12.7. The van der Waals surface area contributed by atoms with E-state index in [-0.39, 0.29) is 5.91 Å². The van der Waals surface area contributed by atoms with Crippen LogP contribution in [0.1, 0.15) is 10.5 Å². The highest BCUT2D eigenvalue weighted by Gasteiger charge is 2.15. The molecule has 0 unspecified atom stereocenters. The van der Waals surface area contributed by atoms with Gasteiger partial charge in [0.15, 0.2) is 10.7 Å². The van der Waals surface area contributed by atoms with Crippen molar-refractivity contribution >= 4 is 39.2 Å². The number of aromatic nitrogens is 4. The van der Waals surface area contributed by atoms with E-state index >= 15 is 0 Å². The third-order valence-electron chi connectivity index (χ3n) is 4.14. The van der Waals surface area contributed by atoms with Crippen molar-refractivity contribution in [1.29, 1.82) is 0 Å². The SMILES string of the molecule is O=C(Nc1ccccc1-c1cn2ccsc2n1)c1cc(-c2cccs2)[nH]n1. The lowest BCUT2D eigenvalue weighted by atomic mass is 10.1. The summed E-state index contributed by atoms with van der Waals surface area (Å²) in [4.78, 5) is 19.3. The molecule has 27 heavy (non-hydrogen) atoms. The molecule has 0 bridgehead atoms. The van der Waals surface area contributed by atoms with Crippen LogP contribution in [0.3, 0.4) is 0 Å². The summed E-state index contributed by atoms with van der Waals surface area (Å²) in [6.45, 7) is 0. The van der Waals surface area contributed by atoms with Crippen LogP contribution < -0.4 is 5.32 Å². The number of thiophene rings is 1. The lowest BCUT2D eigenvalue weighted by Crippen LogP contribution is -2.13. The number of imidazole rings is 1. The van der Waals surface area contributed by atoms with Crippen molar-refractivity contribution in [3.63, 3.8) is 0 Å². The van der Waals surface area contributed by atoms with Crippen molar-refractivity contribution in [2.75, 3.05) is 5.32 Å². The summed E-state index contributed by atoms with van der Waals surface area (Å²) in [5, 5.41) is 14.0. The Kier molecular flexibility index (Phi) is 3.84. The number of rotatable bonds is 4. The summed E-state index contributed by atoms with van der Waals surface area (Å²) in [6.07, 6.45) is 3.92. The first-order valence-corrected chi connectivity index (χ1v) is 9.96. The first kappa shape index (κ1) is 16.0. The molecule has 0 saturated carbocycles. The second-order valence-corrected chi connectivity index (χ2v) is 7.68. The van der Waals surface area contributed by atoms with Gasteiger partial charge in [0.05, 0.1) is 22.0 Å². The van der Waals surface area contributed by atoms with Crippen LogP contribution in [0.5, 0.6) is 0 Å². The van der Waals surface area contributed by atoms with Crippen LogP contribution in [0.4, 0.5) is 5.69 Å². The largest absolute Gasteiger partial charge is 0.320 e. The Hall–Kier alpha value is -3.23. The first-order valence-electron chi connectivity index (χ1n) is 8.20. The van der Waals surface area contributed by atoms with Gasteiger partial charge in [0.2, 0.25) is 0 Å². The van der Waals surface area contributed by atoms with Crippen LogP contribution in [0.25, 0.3) is 26.8 Å². The molecule has 2 N–H and O–H groups in total. The summed E-state index contributed by atoms with van der Waals surface area (Å²) in [5.74, 6) is -0.262. The minimum atomic E-state index is -0.262. The maximum absolute atomic E-state index is 12.7. The third kappa shape index (κ3) is 2.94. The van der Waals surface area contributed by atoms with Crippen LogP contribution in [0, 0.1) is 0 Å². The van der Waals surface area contributed by atoms with Gasteiger partial charge in [-0.1, -0.05) is 24.3 Å². The number of thiazole rings is 1. The minimum Gasteiger partial charge on any atom is -0.320 e. The monoisotopic (exact) mass is 391 g/mol. The molecular formula is C19H13N5OS2. The van der Waals surface area contributed by atoms with Crippen LogP contribution >= 0.6 is 22.7 Å². The van der Waals surface area contributed by atoms with E-state index in [1.165, 1.54) is 0 Å². The number of hydrogen-bond donors (Lipinski definition) is 2. The van der Waals surface area contributed by atoms with Gasteiger partial charge in [-0.2, -0.15) is 5.10 Å². The van der Waals surface area contributed by atoms with E-state index < -0.39 is 0 Å². The molecule has 0 spiro atoms. The van der Waals surface area contributed by atoms with Crippen LogP contribution in [-0.2, 0) is 0 Å². The normalized spacial score (nSPS) is 11.1. The molecule has 4 heterocycles. The van der Waals surface area contributed by atoms with E-state index in [1.807, 2.05) is 64.0 Å². The van der Waals surface area contributed by atoms with Gasteiger partial charge in [-0.15, -0.1) is 22.7 Å². The smallest absolute Gasteiger partial charge is 0.276 e. The Morgan fingerprint density at radius 2 is 2.04 bits per heavy atom. The van der Waals surface area contributed by atoms with Gasteiger partial charge in [-0.3, -0.25) is 14.3 Å². The number of amides is 1. The molecule has 6 nitrogen and oxygen atoms in total. The number of benzene rings is 1. The van der Waals surface area contributed by atoms with Gasteiger partial charge in [0.1, 0.15) is 0 Å². The van der Waals surface area contributed by atoms with E-state index in [9.17, 15) is 4.79 Å². The maximum Gasteiger partial charge on any atom is 0.276 e. The van der Waals surface area contributed by atoms with Crippen molar-refractivity contribution in [3.8, 4) is 21.8 Å². The van der Waals surface area contributed by atoms with E-state index in [0.717, 1.165) is 26.8 Å². The molecule has 0 aliphatic rings. The Morgan fingerprint density at radius 3 is 2.89 bits per heavy atom. The van der Waals surface area contributed by atoms with E-state index in [2.05, 4.69) is 20.5 Å². The second kappa shape index (κ2) is 6.49. The average molecular weight is 391 g/mol. The summed E-state index contributed by atoms with van der Waals surface area (Å²) >= 11 is 3.17. The van der Waals surface area contributed by atoms with Gasteiger partial charge in [0.25, 0.3) is 5.91 Å². The number of anilines is 1. The molecule has 0 atom stereocenters. The Labute approximate surface area is 162 Å². The number of hydrogen-bond acceptors (Lipinski definition) is 5. The first-order chi connectivity index (χ1) is 13.3. The van der Waals surface area contributed by atoms with E-state index in [0.29, 0.717) is 11.4 Å². The van der Waals surface area contributed by atoms with Gasteiger partial charge in [-0.25, -0.2) is 4.98 Å². The number of para-hydroxylation sites is 1. The molecule has 1 amide bonds. The molecule has 0 saturated heterocycles. The Balaban J connectivity index is 1.44. The zero-order chi connectivity index (χ0) is 18.2. The zero-order valence-electron chi connectivity index (χ0n) is 13.9. The molecular weight excluding hydrogens is 378 g/mol. The number of carbonyl (C=O) groups is 1. The van der Waals surface area contributed by atoms with Gasteiger partial charge < -0.3 is 5.32 Å². The van der Waals surface area contributed by atoms with Crippen LogP contribution in [0.2, 0.25) is 0 Å². The lowest BCUT2D eigenvalue weighted by Gasteiger charge is -2.08. The fourth-order valence-electron chi connectivity index (χ4n) is 2.86. The van der Waals surface area contributed by atoms with Gasteiger partial charge in [-0.05, 0) is 23.6 Å². The number of nitrogens with one attached hydrogen (secondary N) is 2. The molecule has 0 aliphatic carbocycles. The number of fused-ring (bicyclic) bond motifs is 1. The molecule has 132 valence electrons. The summed E-state index contributed by atoms with van der Waals surface area (Å²) in [5.41, 5.74) is 3.57. The molecule has 4 aromatic heterocycles. The van der Waals surface area contributed by atoms with Gasteiger partial charge in [0, 0.05) is 23.3 Å². The van der Waals surface area contributed by atoms with E-state index in [1.54, 1.807) is 28.7 Å². The van der Waals surface area contributed by atoms with E-state index in [4.69, 9.17) is 0 Å². The molecule has 0 fully saturated rings. The van der Waals surface area contributed by atoms with Crippen molar-refractivity contribution in [1.82, 2.24) is 19.6 Å². The van der Waals surface area contributed by atoms with Gasteiger partial charge >= 0.3 is 0 Å². The molecule has 5 rings (SSSR count). The molecule has 0 aliphatic heterocycles. The van der Waals surface area contributed by atoms with Crippen molar-refractivity contribution in [2.45, 2.75) is 0 Å². The van der Waals surface area contributed by atoms with Crippen molar-refractivity contribution < 1.29 is 4.79 Å². The fourth-order valence-corrected chi connectivity index (χ4v) is 4.25. The van der Waals surface area contributed by atoms with Crippen LogP contribution in [-0.4, -0.2) is 25.5 Å². The number of H-pyrrole nitrogens is 1. The zero-order valence-corrected chi connectivity index (χ0v) is 15.6. The fraction of sp³-hybridized carbons (Fsp3) is 0. The topological polar surface area (TPSA) is 75.1 Å². The quantitative estimate of drug-likeness (QED) is 0.463. The lowest BCUT2D eigenvalue weighted by molar-refractivity contribution is 0.102. The average Bonchev–Trinajstić information content (AvgIpc) is 3.45. The second-order valence-electron chi connectivity index (χ2n) is 5.86. The highest BCUT2D eigenvalue weighted by atomic mass is 32.1. The Bertz CT molecular complexity index is 1200. The predicted octanol–water partition coefficient (Wildman–Crippen LogP) is 4.77. The highest BCUT2D eigenvalue weighted by molar-refractivity contribution is 7.15. The highest BCUT2D eigenvalue weighted by Crippen LogP contribution is 2.29. The predicted molar refractivity (Wildman–Crippen MR) is 108 cm³/mol. The molecule has 0 radical (unpaired) electrons. The molecule has 8 heteroatoms. The summed E-state index contributed by atoms with van der Waals surface area (Å²) in [7, 11) is 0. The van der Waals surface area contributed by atoms with Crippen molar-refractivity contribution in [2.24, 2.45) is 0 Å².